The quantitative estimate of drug-likeness (QED) is 0.459. The van der Waals surface area contributed by atoms with Crippen molar-refractivity contribution in [2.75, 3.05) is 53.0 Å². The van der Waals surface area contributed by atoms with Crippen LogP contribution in [0.1, 0.15) is 18.2 Å². The van der Waals surface area contributed by atoms with Crippen LogP contribution in [0.3, 0.4) is 0 Å². The lowest BCUT2D eigenvalue weighted by atomic mass is 10.1. The fourth-order valence-corrected chi connectivity index (χ4v) is 3.41. The van der Waals surface area contributed by atoms with Crippen LogP contribution in [0.15, 0.2) is 52.1 Å². The van der Waals surface area contributed by atoms with E-state index in [4.69, 9.17) is 18.9 Å². The first-order chi connectivity index (χ1) is 14.7. The number of nitrogens with one attached hydrogen (secondary N) is 2. The van der Waals surface area contributed by atoms with Crippen LogP contribution in [0.25, 0.3) is 0 Å². The first-order valence-corrected chi connectivity index (χ1v) is 10.7. The van der Waals surface area contributed by atoms with Crippen molar-refractivity contribution in [1.82, 2.24) is 15.5 Å². The summed E-state index contributed by atoms with van der Waals surface area (Å²) < 4.78 is 16.1. The molecule has 7 heteroatoms. The van der Waals surface area contributed by atoms with Crippen molar-refractivity contribution in [2.24, 2.45) is 4.99 Å². The fourth-order valence-electron chi connectivity index (χ4n) is 3.41. The molecule has 1 unspecified atom stereocenters. The Kier molecular flexibility index (Phi) is 9.05. The van der Waals surface area contributed by atoms with Gasteiger partial charge in [0.1, 0.15) is 11.5 Å². The molecule has 0 aliphatic carbocycles. The molecule has 1 atom stereocenters. The number of nitrogens with zero attached hydrogens (tertiary/aromatic N) is 2. The van der Waals surface area contributed by atoms with E-state index in [9.17, 15) is 0 Å². The molecule has 0 amide bonds. The van der Waals surface area contributed by atoms with Crippen LogP contribution in [0.4, 0.5) is 0 Å². The third-order valence-electron chi connectivity index (χ3n) is 5.29. The molecule has 1 aliphatic heterocycles. The van der Waals surface area contributed by atoms with Crippen molar-refractivity contribution < 1.29 is 13.9 Å². The zero-order valence-electron chi connectivity index (χ0n) is 18.1. The number of rotatable bonds is 10. The summed E-state index contributed by atoms with van der Waals surface area (Å²) in [5.74, 6) is 2.70. The third kappa shape index (κ3) is 7.39. The number of methoxy groups -OCH3 is 1. The molecule has 1 aromatic carbocycles. The van der Waals surface area contributed by atoms with Gasteiger partial charge in [0.15, 0.2) is 5.96 Å². The van der Waals surface area contributed by atoms with Gasteiger partial charge in [-0.05, 0) is 43.2 Å². The Morgan fingerprint density at radius 3 is 2.50 bits per heavy atom. The second kappa shape index (κ2) is 12.2. The van der Waals surface area contributed by atoms with Crippen molar-refractivity contribution >= 4 is 5.96 Å². The van der Waals surface area contributed by atoms with E-state index in [2.05, 4.69) is 34.6 Å². The minimum Gasteiger partial charge on any atom is -0.497 e. The average Bonchev–Trinajstić information content (AvgIpc) is 3.31. The third-order valence-corrected chi connectivity index (χ3v) is 5.29. The Balaban J connectivity index is 1.50. The second-order valence-electron chi connectivity index (χ2n) is 7.47. The molecule has 2 N–H and O–H groups in total. The topological polar surface area (TPSA) is 71.3 Å². The molecule has 0 radical (unpaired) electrons. The van der Waals surface area contributed by atoms with E-state index in [0.717, 1.165) is 76.2 Å². The number of morpholine rings is 1. The van der Waals surface area contributed by atoms with Gasteiger partial charge in [0.25, 0.3) is 0 Å². The van der Waals surface area contributed by atoms with Crippen molar-refractivity contribution in [2.45, 2.75) is 25.8 Å². The first-order valence-electron chi connectivity index (χ1n) is 10.7. The first kappa shape index (κ1) is 22.2. The number of ether oxygens (including phenoxy) is 2. The highest BCUT2D eigenvalue weighted by atomic mass is 16.5. The molecule has 2 heterocycles. The van der Waals surface area contributed by atoms with E-state index >= 15 is 0 Å². The molecule has 1 fully saturated rings. The largest absolute Gasteiger partial charge is 0.497 e. The van der Waals surface area contributed by atoms with Gasteiger partial charge in [-0.25, -0.2) is 0 Å². The normalized spacial score (nSPS) is 16.3. The molecule has 30 heavy (non-hydrogen) atoms. The Morgan fingerprint density at radius 2 is 1.83 bits per heavy atom. The van der Waals surface area contributed by atoms with Crippen LogP contribution in [0.5, 0.6) is 5.75 Å². The lowest BCUT2D eigenvalue weighted by molar-refractivity contribution is 0.0220. The van der Waals surface area contributed by atoms with Gasteiger partial charge in [0.2, 0.25) is 0 Å². The smallest absolute Gasteiger partial charge is 0.191 e. The van der Waals surface area contributed by atoms with Crippen molar-refractivity contribution in [3.63, 3.8) is 0 Å². The molecule has 1 aromatic heterocycles. The Labute approximate surface area is 179 Å². The summed E-state index contributed by atoms with van der Waals surface area (Å²) in [7, 11) is 1.69. The van der Waals surface area contributed by atoms with Crippen molar-refractivity contribution in [3.05, 3.63) is 54.0 Å². The van der Waals surface area contributed by atoms with Gasteiger partial charge < -0.3 is 24.5 Å². The lowest BCUT2D eigenvalue weighted by Crippen LogP contribution is -2.45. The Morgan fingerprint density at radius 1 is 1.10 bits per heavy atom. The van der Waals surface area contributed by atoms with Crippen LogP contribution < -0.4 is 15.4 Å². The minimum atomic E-state index is 0.388. The van der Waals surface area contributed by atoms with Crippen molar-refractivity contribution in [3.8, 4) is 5.75 Å². The van der Waals surface area contributed by atoms with E-state index in [0.29, 0.717) is 6.04 Å². The van der Waals surface area contributed by atoms with Gasteiger partial charge in [-0.3, -0.25) is 9.89 Å². The summed E-state index contributed by atoms with van der Waals surface area (Å²) in [5.41, 5.74) is 1.26. The molecule has 0 spiro atoms. The van der Waals surface area contributed by atoms with E-state index in [1.54, 1.807) is 13.4 Å². The molecule has 0 saturated carbocycles. The maximum Gasteiger partial charge on any atom is 0.191 e. The molecular weight excluding hydrogens is 380 g/mol. The SMILES string of the molecule is COc1ccc(CCNC(=NCC(C)N2CCOCC2)NCCc2ccco2)cc1. The maximum absolute atomic E-state index is 5.45. The highest BCUT2D eigenvalue weighted by Gasteiger charge is 2.16. The molecule has 0 bridgehead atoms. The molecule has 3 rings (SSSR count). The predicted molar refractivity (Wildman–Crippen MR) is 119 cm³/mol. The highest BCUT2D eigenvalue weighted by molar-refractivity contribution is 5.79. The van der Waals surface area contributed by atoms with Gasteiger partial charge in [-0.15, -0.1) is 0 Å². The number of hydrogen-bond donors (Lipinski definition) is 2. The number of aliphatic imine (C=N–C) groups is 1. The highest BCUT2D eigenvalue weighted by Crippen LogP contribution is 2.11. The summed E-state index contributed by atoms with van der Waals surface area (Å²) in [6.07, 6.45) is 3.45. The van der Waals surface area contributed by atoms with E-state index in [1.807, 2.05) is 24.3 Å². The number of benzene rings is 1. The van der Waals surface area contributed by atoms with Crippen LogP contribution in [0, 0.1) is 0 Å². The predicted octanol–water partition coefficient (Wildman–Crippen LogP) is 2.33. The monoisotopic (exact) mass is 414 g/mol. The van der Waals surface area contributed by atoms with E-state index in [1.165, 1.54) is 5.56 Å². The van der Waals surface area contributed by atoms with Gasteiger partial charge in [-0.1, -0.05) is 12.1 Å². The van der Waals surface area contributed by atoms with Crippen LogP contribution in [-0.2, 0) is 17.6 Å². The van der Waals surface area contributed by atoms with Gasteiger partial charge in [-0.2, -0.15) is 0 Å². The van der Waals surface area contributed by atoms with Gasteiger partial charge >= 0.3 is 0 Å². The average molecular weight is 415 g/mol. The second-order valence-corrected chi connectivity index (χ2v) is 7.47. The summed E-state index contributed by atoms with van der Waals surface area (Å²) in [6.45, 7) is 8.13. The zero-order chi connectivity index (χ0) is 21.0. The van der Waals surface area contributed by atoms with Gasteiger partial charge in [0.05, 0.1) is 33.1 Å². The molecule has 2 aromatic rings. The molecule has 7 nitrogen and oxygen atoms in total. The Hall–Kier alpha value is -2.51. The number of guanidine groups is 1. The van der Waals surface area contributed by atoms with Crippen LogP contribution >= 0.6 is 0 Å². The van der Waals surface area contributed by atoms with Crippen LogP contribution in [0.2, 0.25) is 0 Å². The lowest BCUT2D eigenvalue weighted by Gasteiger charge is -2.31. The molecular formula is C23H34N4O3. The summed E-state index contributed by atoms with van der Waals surface area (Å²) in [5, 5.41) is 6.91. The minimum absolute atomic E-state index is 0.388. The van der Waals surface area contributed by atoms with Gasteiger partial charge in [0, 0.05) is 38.6 Å². The molecule has 1 saturated heterocycles. The summed E-state index contributed by atoms with van der Waals surface area (Å²) in [4.78, 5) is 7.27. The number of furan rings is 1. The zero-order valence-corrected chi connectivity index (χ0v) is 18.1. The molecule has 164 valence electrons. The summed E-state index contributed by atoms with van der Waals surface area (Å²) >= 11 is 0. The Bertz CT molecular complexity index is 740. The molecule has 1 aliphatic rings. The summed E-state index contributed by atoms with van der Waals surface area (Å²) in [6, 6.07) is 12.5. The van der Waals surface area contributed by atoms with Crippen LogP contribution in [-0.4, -0.2) is 69.9 Å². The van der Waals surface area contributed by atoms with E-state index < -0.39 is 0 Å². The standard InChI is InChI=1S/C23H34N4O3/c1-19(27-13-16-29-17-14-27)18-26-23(25-12-10-22-4-3-15-30-22)24-11-9-20-5-7-21(28-2)8-6-20/h3-8,15,19H,9-14,16-18H2,1-2H3,(H2,24,25,26). The maximum atomic E-state index is 5.45. The van der Waals surface area contributed by atoms with Crippen molar-refractivity contribution in [1.29, 1.82) is 0 Å². The number of hydrogen-bond acceptors (Lipinski definition) is 5. The fraction of sp³-hybridized carbons (Fsp3) is 0.522. The van der Waals surface area contributed by atoms with E-state index in [-0.39, 0.29) is 0 Å².